The quantitative estimate of drug-likeness (QED) is 0.569. The fraction of sp³-hybridized carbons (Fsp3) is 0.167. The van der Waals surface area contributed by atoms with Gasteiger partial charge >= 0.3 is 0 Å². The lowest BCUT2D eigenvalue weighted by Crippen LogP contribution is -2.01. The van der Waals surface area contributed by atoms with Crippen LogP contribution in [0.15, 0.2) is 12.1 Å². The molecule has 0 spiro atoms. The van der Waals surface area contributed by atoms with Gasteiger partial charge in [-0.1, -0.05) is 0 Å². The summed E-state index contributed by atoms with van der Waals surface area (Å²) in [6.07, 6.45) is 0. The third kappa shape index (κ3) is 1.81. The van der Waals surface area contributed by atoms with Crippen molar-refractivity contribution in [1.82, 2.24) is 4.98 Å². The molecule has 0 aromatic carbocycles. The Morgan fingerprint density at radius 3 is 2.70 bits per heavy atom. The van der Waals surface area contributed by atoms with E-state index in [4.69, 9.17) is 11.5 Å². The number of nitrogen functional groups attached to an aromatic ring is 1. The van der Waals surface area contributed by atoms with Crippen LogP contribution in [-0.2, 0) is 6.54 Å². The van der Waals surface area contributed by atoms with E-state index in [0.717, 1.165) is 15.1 Å². The summed E-state index contributed by atoms with van der Waals surface area (Å²) in [5, 5.41) is 0. The van der Waals surface area contributed by atoms with Crippen LogP contribution < -0.4 is 11.5 Å². The highest BCUT2D eigenvalue weighted by molar-refractivity contribution is 14.1. The zero-order valence-corrected chi connectivity index (χ0v) is 7.50. The molecule has 0 fully saturated rings. The number of nitrogens with zero attached hydrogens (tertiary/aromatic N) is 1. The van der Waals surface area contributed by atoms with E-state index >= 15 is 0 Å². The summed E-state index contributed by atoms with van der Waals surface area (Å²) in [7, 11) is 0. The van der Waals surface area contributed by atoms with Gasteiger partial charge in [0.05, 0.1) is 5.69 Å². The molecule has 0 aliphatic heterocycles. The minimum atomic E-state index is 0.445. The maximum atomic E-state index is 5.53. The Morgan fingerprint density at radius 1 is 1.50 bits per heavy atom. The van der Waals surface area contributed by atoms with Crippen molar-refractivity contribution >= 4 is 28.3 Å². The molecule has 3 nitrogen and oxygen atoms in total. The van der Waals surface area contributed by atoms with Crippen LogP contribution in [0.4, 0.5) is 5.69 Å². The first kappa shape index (κ1) is 7.74. The highest BCUT2D eigenvalue weighted by Gasteiger charge is 1.94. The monoisotopic (exact) mass is 249 g/mol. The van der Waals surface area contributed by atoms with Gasteiger partial charge in [-0.2, -0.15) is 0 Å². The zero-order chi connectivity index (χ0) is 7.56. The van der Waals surface area contributed by atoms with Crippen LogP contribution in [0.25, 0.3) is 0 Å². The molecule has 0 aliphatic carbocycles. The first-order valence-electron chi connectivity index (χ1n) is 2.84. The van der Waals surface area contributed by atoms with Gasteiger partial charge in [-0.3, -0.25) is 0 Å². The molecule has 0 radical (unpaired) electrons. The van der Waals surface area contributed by atoms with E-state index in [-0.39, 0.29) is 0 Å². The molecule has 1 aromatic rings. The van der Waals surface area contributed by atoms with Crippen molar-refractivity contribution in [3.63, 3.8) is 0 Å². The van der Waals surface area contributed by atoms with E-state index < -0.39 is 0 Å². The van der Waals surface area contributed by atoms with E-state index in [1.54, 1.807) is 12.1 Å². The summed E-state index contributed by atoms with van der Waals surface area (Å²) < 4.78 is 0.887. The van der Waals surface area contributed by atoms with Gasteiger partial charge in [0.2, 0.25) is 0 Å². The molecule has 4 N–H and O–H groups in total. The predicted molar refractivity (Wildman–Crippen MR) is 49.3 cm³/mol. The van der Waals surface area contributed by atoms with Crippen LogP contribution >= 0.6 is 22.6 Å². The Bertz CT molecular complexity index is 216. The predicted octanol–water partition coefficient (Wildman–Crippen LogP) is 0.727. The second-order valence-corrected chi connectivity index (χ2v) is 3.02. The van der Waals surface area contributed by atoms with Crippen LogP contribution in [0.5, 0.6) is 0 Å². The van der Waals surface area contributed by atoms with Gasteiger partial charge in [0.1, 0.15) is 3.70 Å². The minimum Gasteiger partial charge on any atom is -0.399 e. The molecule has 0 bridgehead atoms. The molecule has 0 saturated carbocycles. The van der Waals surface area contributed by atoms with Crippen molar-refractivity contribution in [2.45, 2.75) is 6.54 Å². The summed E-state index contributed by atoms with van der Waals surface area (Å²) in [4.78, 5) is 4.13. The summed E-state index contributed by atoms with van der Waals surface area (Å²) in [5.41, 5.74) is 12.5. The van der Waals surface area contributed by atoms with Crippen LogP contribution in [-0.4, -0.2) is 4.98 Å². The third-order valence-electron chi connectivity index (χ3n) is 1.08. The maximum absolute atomic E-state index is 5.53. The van der Waals surface area contributed by atoms with Crippen LogP contribution in [0.3, 0.4) is 0 Å². The molecule has 54 valence electrons. The SMILES string of the molecule is NCc1cc(N)cc(I)n1. The molecule has 0 aliphatic rings. The number of hydrogen-bond donors (Lipinski definition) is 2. The lowest BCUT2D eigenvalue weighted by Gasteiger charge is -1.98. The van der Waals surface area contributed by atoms with Crippen molar-refractivity contribution in [1.29, 1.82) is 0 Å². The average Bonchev–Trinajstić information content (AvgIpc) is 1.85. The number of aromatic nitrogens is 1. The summed E-state index contributed by atoms with van der Waals surface area (Å²) in [5.74, 6) is 0. The van der Waals surface area contributed by atoms with Crippen molar-refractivity contribution in [3.05, 3.63) is 21.5 Å². The summed E-state index contributed by atoms with van der Waals surface area (Å²) in [6, 6.07) is 3.59. The van der Waals surface area contributed by atoms with Crippen molar-refractivity contribution in [3.8, 4) is 0 Å². The Balaban J connectivity index is 3.06. The molecule has 1 heterocycles. The zero-order valence-electron chi connectivity index (χ0n) is 5.34. The summed E-state index contributed by atoms with van der Waals surface area (Å²) >= 11 is 2.11. The van der Waals surface area contributed by atoms with E-state index in [9.17, 15) is 0 Å². The Hall–Kier alpha value is -0.360. The normalized spacial score (nSPS) is 9.80. The van der Waals surface area contributed by atoms with Crippen molar-refractivity contribution in [2.24, 2.45) is 5.73 Å². The van der Waals surface area contributed by atoms with E-state index in [2.05, 4.69) is 27.6 Å². The Kier molecular flexibility index (Phi) is 2.44. The largest absolute Gasteiger partial charge is 0.399 e. The number of halogens is 1. The molecule has 0 amide bonds. The standard InChI is InChI=1S/C6H8IN3/c7-6-2-4(9)1-5(3-8)10-6/h1-2H,3,8H2,(H2,9,10). The summed E-state index contributed by atoms with van der Waals surface area (Å²) in [6.45, 7) is 0.445. The Morgan fingerprint density at radius 2 is 2.20 bits per heavy atom. The Labute approximate surface area is 73.0 Å². The highest BCUT2D eigenvalue weighted by atomic mass is 127. The highest BCUT2D eigenvalue weighted by Crippen LogP contribution is 2.08. The van der Waals surface area contributed by atoms with Crippen molar-refractivity contribution in [2.75, 3.05) is 5.73 Å². The van der Waals surface area contributed by atoms with E-state index in [1.165, 1.54) is 0 Å². The van der Waals surface area contributed by atoms with Gasteiger partial charge in [-0.15, -0.1) is 0 Å². The molecule has 1 aromatic heterocycles. The lowest BCUT2D eigenvalue weighted by molar-refractivity contribution is 0.981. The molecule has 10 heavy (non-hydrogen) atoms. The number of hydrogen-bond acceptors (Lipinski definition) is 3. The van der Waals surface area contributed by atoms with E-state index in [0.29, 0.717) is 6.54 Å². The number of rotatable bonds is 1. The van der Waals surface area contributed by atoms with Crippen LogP contribution in [0, 0.1) is 3.70 Å². The lowest BCUT2D eigenvalue weighted by atomic mass is 10.3. The second kappa shape index (κ2) is 3.16. The minimum absolute atomic E-state index is 0.445. The molecule has 1 rings (SSSR count). The molecule has 4 heteroatoms. The van der Waals surface area contributed by atoms with E-state index in [1.807, 2.05) is 0 Å². The molecular formula is C6H8IN3. The van der Waals surface area contributed by atoms with Gasteiger partial charge in [-0.25, -0.2) is 4.98 Å². The number of pyridine rings is 1. The van der Waals surface area contributed by atoms with Gasteiger partial charge in [0.25, 0.3) is 0 Å². The average molecular weight is 249 g/mol. The van der Waals surface area contributed by atoms with Gasteiger partial charge in [-0.05, 0) is 34.7 Å². The van der Waals surface area contributed by atoms with Crippen LogP contribution in [0.2, 0.25) is 0 Å². The van der Waals surface area contributed by atoms with Crippen molar-refractivity contribution < 1.29 is 0 Å². The molecule has 0 saturated heterocycles. The van der Waals surface area contributed by atoms with Gasteiger partial charge in [0, 0.05) is 12.2 Å². The first-order chi connectivity index (χ1) is 4.72. The third-order valence-corrected chi connectivity index (χ3v) is 1.63. The fourth-order valence-corrected chi connectivity index (χ4v) is 1.35. The molecular weight excluding hydrogens is 241 g/mol. The number of anilines is 1. The fourth-order valence-electron chi connectivity index (χ4n) is 0.678. The van der Waals surface area contributed by atoms with Crippen LogP contribution in [0.1, 0.15) is 5.69 Å². The maximum Gasteiger partial charge on any atom is 0.103 e. The second-order valence-electron chi connectivity index (χ2n) is 1.92. The smallest absolute Gasteiger partial charge is 0.103 e. The van der Waals surface area contributed by atoms with Gasteiger partial charge in [0.15, 0.2) is 0 Å². The molecule has 0 unspecified atom stereocenters. The molecule has 0 atom stereocenters. The number of nitrogens with two attached hydrogens (primary N) is 2. The topological polar surface area (TPSA) is 64.9 Å². The van der Waals surface area contributed by atoms with Gasteiger partial charge < -0.3 is 11.5 Å². The first-order valence-corrected chi connectivity index (χ1v) is 3.92.